The Kier molecular flexibility index (Phi) is 32.7. The number of fused-ring (bicyclic) bond motifs is 3. The third-order valence-electron chi connectivity index (χ3n) is 10.6. The van der Waals surface area contributed by atoms with E-state index in [2.05, 4.69) is 29.6 Å². The van der Waals surface area contributed by atoms with Crippen LogP contribution in [0.3, 0.4) is 0 Å². The van der Waals surface area contributed by atoms with Gasteiger partial charge in [0.2, 0.25) is 0 Å². The highest BCUT2D eigenvalue weighted by atomic mass is 16.6. The van der Waals surface area contributed by atoms with Crippen LogP contribution in [0.4, 0.5) is 21.9 Å². The molecule has 0 unspecified atom stereocenters. The first kappa shape index (κ1) is 60.6. The van der Waals surface area contributed by atoms with Crippen LogP contribution in [-0.2, 0) is 66.3 Å². The van der Waals surface area contributed by atoms with Crippen LogP contribution < -0.4 is 5.32 Å². The molecule has 408 valence electrons. The second kappa shape index (κ2) is 39.5. The van der Waals surface area contributed by atoms with Gasteiger partial charge in [0.15, 0.2) is 0 Å². The number of nitro groups is 2. The van der Waals surface area contributed by atoms with E-state index < -0.39 is 9.85 Å². The van der Waals surface area contributed by atoms with E-state index in [0.717, 1.165) is 6.07 Å². The summed E-state index contributed by atoms with van der Waals surface area (Å²) in [4.78, 5) is 34.8. The average molecular weight is 1040 g/mol. The molecule has 0 spiro atoms. The minimum atomic E-state index is -0.683. The first-order valence-corrected chi connectivity index (χ1v) is 24.6. The number of benzene rings is 3. The highest BCUT2D eigenvalue weighted by molar-refractivity contribution is 5.79. The molecular formula is C50H74N4O19. The molecule has 1 N–H and O–H groups in total. The van der Waals surface area contributed by atoms with Gasteiger partial charge in [0, 0.05) is 32.1 Å². The molecule has 23 heteroatoms. The van der Waals surface area contributed by atoms with Crippen LogP contribution in [0, 0.1) is 20.2 Å². The third kappa shape index (κ3) is 26.2. The molecule has 0 heterocycles. The summed E-state index contributed by atoms with van der Waals surface area (Å²) < 4.78 is 77.3. The predicted octanol–water partition coefficient (Wildman–Crippen LogP) is 5.01. The lowest BCUT2D eigenvalue weighted by atomic mass is 9.98. The summed E-state index contributed by atoms with van der Waals surface area (Å²) in [5.74, 6) is 0.0258. The van der Waals surface area contributed by atoms with Crippen molar-refractivity contribution in [3.8, 4) is 11.1 Å². The number of hydrogen-bond donors (Lipinski definition) is 1. The molecule has 3 aromatic rings. The molecule has 0 aliphatic heterocycles. The minimum absolute atomic E-state index is 0.0258. The van der Waals surface area contributed by atoms with Crippen LogP contribution in [0.25, 0.3) is 11.1 Å². The van der Waals surface area contributed by atoms with Gasteiger partial charge in [-0.05, 0) is 28.3 Å². The van der Waals surface area contributed by atoms with Crippen molar-refractivity contribution in [3.05, 3.63) is 98.1 Å². The van der Waals surface area contributed by atoms with Crippen molar-refractivity contribution in [2.45, 2.75) is 5.92 Å². The lowest BCUT2D eigenvalue weighted by Gasteiger charge is -2.19. The third-order valence-corrected chi connectivity index (χ3v) is 10.6. The Morgan fingerprint density at radius 2 is 0.822 bits per heavy atom. The van der Waals surface area contributed by atoms with Crippen molar-refractivity contribution in [2.75, 3.05) is 204 Å². The van der Waals surface area contributed by atoms with Crippen LogP contribution in [0.2, 0.25) is 0 Å². The Morgan fingerprint density at radius 1 is 0.479 bits per heavy atom. The molecule has 1 amide bonds. The van der Waals surface area contributed by atoms with Crippen LogP contribution in [-0.4, -0.2) is 219 Å². The van der Waals surface area contributed by atoms with Gasteiger partial charge in [-0.1, -0.05) is 48.5 Å². The summed E-state index contributed by atoms with van der Waals surface area (Å²) in [7, 11) is 1.71. The molecule has 0 bridgehead atoms. The number of hydrogen-bond acceptors (Lipinski definition) is 20. The molecule has 0 radical (unpaired) electrons. The Hall–Kier alpha value is -4.99. The lowest BCUT2D eigenvalue weighted by molar-refractivity contribution is -0.393. The maximum absolute atomic E-state index is 12.6. The van der Waals surface area contributed by atoms with E-state index in [9.17, 15) is 25.0 Å². The fourth-order valence-electron chi connectivity index (χ4n) is 6.93. The van der Waals surface area contributed by atoms with E-state index in [-0.39, 0.29) is 48.8 Å². The van der Waals surface area contributed by atoms with Gasteiger partial charge in [-0.15, -0.1) is 0 Å². The Morgan fingerprint density at radius 3 is 1.18 bits per heavy atom. The van der Waals surface area contributed by atoms with Gasteiger partial charge in [0.25, 0.3) is 11.4 Å². The number of carbonyl (C=O) groups excluding carboxylic acids is 1. The molecule has 4 rings (SSSR count). The Bertz CT molecular complexity index is 1910. The second-order valence-electron chi connectivity index (χ2n) is 15.8. The molecule has 0 saturated heterocycles. The van der Waals surface area contributed by atoms with E-state index in [1.807, 2.05) is 24.3 Å². The fourth-order valence-corrected chi connectivity index (χ4v) is 6.93. The predicted molar refractivity (Wildman–Crippen MR) is 267 cm³/mol. The van der Waals surface area contributed by atoms with Gasteiger partial charge in [-0.2, -0.15) is 0 Å². The smallest absolute Gasteiger partial charge is 0.409 e. The number of nitrogens with zero attached hydrogens (tertiary/aromatic N) is 3. The number of amides is 1. The number of non-ortho nitro benzene ring substituents is 1. The molecule has 0 atom stereocenters. The highest BCUT2D eigenvalue weighted by Gasteiger charge is 2.29. The number of ether oxygens (including phenoxy) is 14. The average Bonchev–Trinajstić information content (AvgIpc) is 3.72. The normalized spacial score (nSPS) is 12.0. The maximum atomic E-state index is 12.6. The van der Waals surface area contributed by atoms with Crippen molar-refractivity contribution in [3.63, 3.8) is 0 Å². The molecule has 1 aliphatic carbocycles. The number of nitro benzene ring substituents is 2. The molecule has 0 aromatic heterocycles. The van der Waals surface area contributed by atoms with E-state index in [0.29, 0.717) is 172 Å². The van der Waals surface area contributed by atoms with Crippen LogP contribution in [0.15, 0.2) is 66.7 Å². The summed E-state index contributed by atoms with van der Waals surface area (Å²) in [5, 5.41) is 24.9. The first-order valence-electron chi connectivity index (χ1n) is 24.6. The van der Waals surface area contributed by atoms with E-state index in [4.69, 9.17) is 66.3 Å². The first-order chi connectivity index (χ1) is 35.9. The second-order valence-corrected chi connectivity index (χ2v) is 15.8. The number of nitrogens with one attached hydrogen (secondary N) is 1. The number of carbonyl (C=O) groups is 1. The van der Waals surface area contributed by atoms with E-state index in [1.165, 1.54) is 39.3 Å². The SMILES string of the molecule is CN(CCOCCOCCOCCOCCOCCOCCOCCOCCOCCOCCOCCOCCOCCNc1ccc([N+](=O)[O-])cc1[N+](=O)[O-])C(=O)OCC1c2ccccc2-c2ccccc21. The molecule has 3 aromatic carbocycles. The zero-order chi connectivity index (χ0) is 51.8. The maximum Gasteiger partial charge on any atom is 0.409 e. The number of anilines is 1. The van der Waals surface area contributed by atoms with Crippen molar-refractivity contribution in [1.29, 1.82) is 0 Å². The van der Waals surface area contributed by atoms with E-state index >= 15 is 0 Å². The monoisotopic (exact) mass is 1030 g/mol. The topological polar surface area (TPSA) is 248 Å². The standard InChI is InChI=1S/C50H74N4O19/c1-52(50(55)73-41-47-45-8-4-2-6-43(45)44-7-3-5-9-46(44)47)13-15-61-17-19-63-21-23-65-25-27-67-29-31-69-33-35-71-37-39-72-38-36-70-34-32-68-30-28-66-26-24-64-22-20-62-18-16-60-14-12-51-48-11-10-42(53(56)57)40-49(48)54(58)59/h2-11,40,47,51H,12-39,41H2,1H3. The molecule has 73 heavy (non-hydrogen) atoms. The lowest BCUT2D eigenvalue weighted by Crippen LogP contribution is -2.32. The summed E-state index contributed by atoms with van der Waals surface area (Å²) in [6, 6.07) is 20.0. The van der Waals surface area contributed by atoms with Crippen molar-refractivity contribution < 1.29 is 81.0 Å². The van der Waals surface area contributed by atoms with Gasteiger partial charge in [0.1, 0.15) is 12.3 Å². The van der Waals surface area contributed by atoms with Gasteiger partial charge in [-0.3, -0.25) is 20.2 Å². The van der Waals surface area contributed by atoms with E-state index in [1.54, 1.807) is 7.05 Å². The summed E-state index contributed by atoms with van der Waals surface area (Å²) in [5.41, 5.74) is 4.22. The zero-order valence-electron chi connectivity index (χ0n) is 42.0. The molecule has 23 nitrogen and oxygen atoms in total. The van der Waals surface area contributed by atoms with Crippen molar-refractivity contribution in [2.24, 2.45) is 0 Å². The number of rotatable bonds is 47. The largest absolute Gasteiger partial charge is 0.448 e. The fraction of sp³-hybridized carbons (Fsp3) is 0.620. The zero-order valence-corrected chi connectivity index (χ0v) is 42.0. The van der Waals surface area contributed by atoms with Crippen molar-refractivity contribution in [1.82, 2.24) is 4.90 Å². The van der Waals surface area contributed by atoms with Gasteiger partial charge >= 0.3 is 6.09 Å². The summed E-state index contributed by atoms with van der Waals surface area (Å²) in [6.45, 7) is 12.1. The van der Waals surface area contributed by atoms with Gasteiger partial charge in [-0.25, -0.2) is 4.79 Å². The summed E-state index contributed by atoms with van der Waals surface area (Å²) in [6.07, 6.45) is -0.375. The molecule has 0 saturated carbocycles. The van der Waals surface area contributed by atoms with Crippen LogP contribution >= 0.6 is 0 Å². The Balaban J connectivity index is 0.761. The molecule has 0 fully saturated rings. The van der Waals surface area contributed by atoms with Crippen molar-refractivity contribution >= 4 is 23.2 Å². The molecule has 1 aliphatic rings. The Labute approximate surface area is 427 Å². The molecular weight excluding hydrogens is 961 g/mol. The van der Waals surface area contributed by atoms with Crippen LogP contribution in [0.1, 0.15) is 17.0 Å². The van der Waals surface area contributed by atoms with Gasteiger partial charge < -0.3 is 76.5 Å². The number of likely N-dealkylation sites (N-methyl/N-ethyl adjacent to an activating group) is 1. The minimum Gasteiger partial charge on any atom is -0.448 e. The van der Waals surface area contributed by atoms with Gasteiger partial charge in [0.05, 0.1) is 188 Å². The van der Waals surface area contributed by atoms with Crippen LogP contribution in [0.5, 0.6) is 0 Å². The highest BCUT2D eigenvalue weighted by Crippen LogP contribution is 2.44. The quantitative estimate of drug-likeness (QED) is 0.0443. The summed E-state index contributed by atoms with van der Waals surface area (Å²) >= 11 is 0.